The standard InChI is InChI=1S/C8H19N2Si.Li.H/c1-9-5-7-10(8-6-9)11(2,3)4;;/h2,5-8H2,1,3-4H3;;. The molecule has 1 radical (unpaired) electrons. The van der Waals surface area contributed by atoms with Crippen LogP contribution in [-0.2, 0) is 0 Å². The Bertz CT molecular complexity index is 128. The molecule has 2 nitrogen and oxygen atoms in total. The summed E-state index contributed by atoms with van der Waals surface area (Å²) in [5.41, 5.74) is 0. The van der Waals surface area contributed by atoms with E-state index >= 15 is 0 Å². The Hall–Kier alpha value is 0.734. The third-order valence-electron chi connectivity index (χ3n) is 2.36. The number of rotatable bonds is 1. The van der Waals surface area contributed by atoms with Crippen LogP contribution in [0.1, 0.15) is 0 Å². The van der Waals surface area contributed by atoms with E-state index in [0.717, 1.165) is 0 Å². The van der Waals surface area contributed by atoms with Gasteiger partial charge in [0.25, 0.3) is 0 Å². The third-order valence-corrected chi connectivity index (χ3v) is 4.52. The first-order chi connectivity index (χ1) is 5.00. The maximum atomic E-state index is 4.27. The Morgan fingerprint density at radius 1 is 1.08 bits per heavy atom. The van der Waals surface area contributed by atoms with Crippen LogP contribution in [0.5, 0.6) is 0 Å². The number of hydrogen-bond donors (Lipinski definition) is 0. The SMILES string of the molecule is [CH2][Si](C)(C)N1CCN(C)CC1.[LiH]. The molecular weight excluding hydrogens is 159 g/mol. The van der Waals surface area contributed by atoms with Crippen LogP contribution in [0.4, 0.5) is 0 Å². The number of hydrogen-bond acceptors (Lipinski definition) is 2. The van der Waals surface area contributed by atoms with Gasteiger partial charge in [-0.1, -0.05) is 13.1 Å². The van der Waals surface area contributed by atoms with Gasteiger partial charge in [-0.3, -0.25) is 0 Å². The van der Waals surface area contributed by atoms with Crippen molar-refractivity contribution >= 4 is 27.1 Å². The molecule has 0 N–H and O–H groups in total. The second-order valence-electron chi connectivity index (χ2n) is 4.10. The van der Waals surface area contributed by atoms with Gasteiger partial charge in [-0.2, -0.15) is 0 Å². The van der Waals surface area contributed by atoms with Crippen molar-refractivity contribution in [2.75, 3.05) is 33.2 Å². The van der Waals surface area contributed by atoms with Gasteiger partial charge in [0.05, 0.1) is 0 Å². The molecule has 0 amide bonds. The summed E-state index contributed by atoms with van der Waals surface area (Å²) in [5, 5.41) is 0. The molecule has 0 aliphatic carbocycles. The van der Waals surface area contributed by atoms with Gasteiger partial charge in [0, 0.05) is 26.2 Å². The van der Waals surface area contributed by atoms with Crippen LogP contribution < -0.4 is 0 Å². The van der Waals surface area contributed by atoms with Crippen LogP contribution in [0.3, 0.4) is 0 Å². The summed E-state index contributed by atoms with van der Waals surface area (Å²) in [6, 6.07) is 0. The monoisotopic (exact) mass is 179 g/mol. The average Bonchev–Trinajstić information content (AvgIpc) is 1.86. The van der Waals surface area contributed by atoms with Crippen LogP contribution in [0.2, 0.25) is 13.1 Å². The first-order valence-electron chi connectivity index (χ1n) is 4.29. The predicted octanol–water partition coefficient (Wildman–Crippen LogP) is 0.164. The van der Waals surface area contributed by atoms with Crippen molar-refractivity contribution in [3.63, 3.8) is 0 Å². The molecule has 0 spiro atoms. The molecular formula is C8H20LiN2Si. The molecule has 1 heterocycles. The first-order valence-corrected chi connectivity index (χ1v) is 7.44. The normalized spacial score (nSPS) is 22.0. The van der Waals surface area contributed by atoms with E-state index in [1.165, 1.54) is 26.2 Å². The second kappa shape index (κ2) is 4.83. The zero-order valence-corrected chi connectivity index (χ0v) is 8.93. The van der Waals surface area contributed by atoms with Crippen molar-refractivity contribution < 1.29 is 0 Å². The summed E-state index contributed by atoms with van der Waals surface area (Å²) >= 11 is 0. The zero-order chi connectivity index (χ0) is 8.48. The fourth-order valence-electron chi connectivity index (χ4n) is 1.41. The number of piperazine rings is 1. The summed E-state index contributed by atoms with van der Waals surface area (Å²) in [5.74, 6) is 0. The fraction of sp³-hybridized carbons (Fsp3) is 0.875. The van der Waals surface area contributed by atoms with Gasteiger partial charge in [0.1, 0.15) is 8.24 Å². The van der Waals surface area contributed by atoms with Crippen molar-refractivity contribution in [2.45, 2.75) is 13.1 Å². The zero-order valence-electron chi connectivity index (χ0n) is 7.93. The van der Waals surface area contributed by atoms with Crippen LogP contribution in [0, 0.1) is 6.55 Å². The van der Waals surface area contributed by atoms with Gasteiger partial charge in [0.2, 0.25) is 0 Å². The van der Waals surface area contributed by atoms with Gasteiger partial charge in [-0.25, -0.2) is 0 Å². The van der Waals surface area contributed by atoms with E-state index in [9.17, 15) is 0 Å². The van der Waals surface area contributed by atoms with E-state index in [0.29, 0.717) is 0 Å². The molecule has 0 aromatic heterocycles. The quantitative estimate of drug-likeness (QED) is 0.529. The molecule has 67 valence electrons. The Morgan fingerprint density at radius 2 is 1.50 bits per heavy atom. The minimum absolute atomic E-state index is 0. The molecule has 12 heavy (non-hydrogen) atoms. The third kappa shape index (κ3) is 3.63. The van der Waals surface area contributed by atoms with Gasteiger partial charge >= 0.3 is 18.9 Å². The molecule has 1 aliphatic heterocycles. The Kier molecular flexibility index (Phi) is 5.12. The second-order valence-corrected chi connectivity index (χ2v) is 8.36. The Balaban J connectivity index is 0.00000121. The van der Waals surface area contributed by atoms with Crippen LogP contribution >= 0.6 is 0 Å². The molecule has 0 saturated carbocycles. The number of nitrogens with zero attached hydrogens (tertiary/aromatic N) is 2. The van der Waals surface area contributed by atoms with Gasteiger partial charge in [0.15, 0.2) is 0 Å². The molecule has 0 unspecified atom stereocenters. The van der Waals surface area contributed by atoms with E-state index in [-0.39, 0.29) is 18.9 Å². The average molecular weight is 179 g/mol. The molecule has 1 aliphatic rings. The summed E-state index contributed by atoms with van der Waals surface area (Å²) in [7, 11) is 0.960. The van der Waals surface area contributed by atoms with E-state index in [4.69, 9.17) is 0 Å². The molecule has 0 aromatic carbocycles. The van der Waals surface area contributed by atoms with E-state index in [2.05, 4.69) is 36.2 Å². The van der Waals surface area contributed by atoms with E-state index in [1.54, 1.807) is 0 Å². The van der Waals surface area contributed by atoms with Crippen LogP contribution in [0.25, 0.3) is 0 Å². The van der Waals surface area contributed by atoms with E-state index in [1.807, 2.05) is 0 Å². The Morgan fingerprint density at radius 3 is 1.83 bits per heavy atom. The summed E-state index contributed by atoms with van der Waals surface area (Å²) in [4.78, 5) is 2.39. The summed E-state index contributed by atoms with van der Waals surface area (Å²) in [6.07, 6.45) is 0. The van der Waals surface area contributed by atoms with Crippen molar-refractivity contribution in [3.05, 3.63) is 6.55 Å². The number of likely N-dealkylation sites (N-methyl/N-ethyl adjacent to an activating group) is 1. The minimum atomic E-state index is -1.23. The van der Waals surface area contributed by atoms with Crippen molar-refractivity contribution in [2.24, 2.45) is 0 Å². The van der Waals surface area contributed by atoms with Crippen molar-refractivity contribution in [1.29, 1.82) is 0 Å². The van der Waals surface area contributed by atoms with Gasteiger partial charge < -0.3 is 9.47 Å². The van der Waals surface area contributed by atoms with Crippen LogP contribution in [0.15, 0.2) is 0 Å². The molecule has 1 saturated heterocycles. The fourth-order valence-corrected chi connectivity index (χ4v) is 2.82. The summed E-state index contributed by atoms with van der Waals surface area (Å²) < 4.78 is 2.58. The topological polar surface area (TPSA) is 6.48 Å². The predicted molar refractivity (Wildman–Crippen MR) is 59.1 cm³/mol. The molecule has 1 rings (SSSR count). The molecule has 0 bridgehead atoms. The summed E-state index contributed by atoms with van der Waals surface area (Å²) in [6.45, 7) is 13.8. The first kappa shape index (κ1) is 12.7. The molecule has 0 atom stereocenters. The maximum absolute atomic E-state index is 4.27. The van der Waals surface area contributed by atoms with Crippen LogP contribution in [-0.4, -0.2) is 69.8 Å². The molecule has 1 fully saturated rings. The van der Waals surface area contributed by atoms with Crippen molar-refractivity contribution in [3.8, 4) is 0 Å². The van der Waals surface area contributed by atoms with Gasteiger partial charge in [-0.15, -0.1) is 0 Å². The van der Waals surface area contributed by atoms with E-state index < -0.39 is 8.24 Å². The Labute approximate surface area is 89.6 Å². The molecule has 4 heteroatoms. The van der Waals surface area contributed by atoms with Crippen molar-refractivity contribution in [1.82, 2.24) is 9.47 Å². The van der Waals surface area contributed by atoms with Gasteiger partial charge in [-0.05, 0) is 13.6 Å². The molecule has 0 aromatic rings.